The zero-order chi connectivity index (χ0) is 20.0. The molecule has 1 aliphatic carbocycles. The van der Waals surface area contributed by atoms with Crippen molar-refractivity contribution in [3.05, 3.63) is 58.6 Å². The molecule has 0 atom stereocenters. The SMILES string of the molecule is C[C@]1(O)C[C@H](S(=O)(=O)c2cc(C(=O)Nc3ccc(F)c(F)c3)ccc2Cl)C1. The standard InChI is InChI=1S/C18H16ClF2NO4S/c1-18(24)8-12(9-18)27(25,26)16-6-10(2-4-13(16)19)17(23)22-11-3-5-14(20)15(21)7-11/h2-7,12,24H,8-9H2,1H3,(H,22,23)/t12-,18-. The van der Waals surface area contributed by atoms with E-state index >= 15 is 0 Å². The number of carbonyl (C=O) groups is 1. The number of amides is 1. The Morgan fingerprint density at radius 3 is 2.44 bits per heavy atom. The molecule has 0 saturated heterocycles. The normalized spacial score (nSPS) is 22.2. The van der Waals surface area contributed by atoms with Crippen molar-refractivity contribution in [2.24, 2.45) is 0 Å². The van der Waals surface area contributed by atoms with Crippen LogP contribution < -0.4 is 5.32 Å². The molecule has 2 aromatic rings. The number of rotatable bonds is 4. The van der Waals surface area contributed by atoms with Gasteiger partial charge in [0, 0.05) is 17.3 Å². The minimum absolute atomic E-state index is 0.00575. The van der Waals surface area contributed by atoms with Crippen LogP contribution in [0.3, 0.4) is 0 Å². The van der Waals surface area contributed by atoms with Crippen molar-refractivity contribution >= 4 is 33.0 Å². The molecule has 2 aromatic carbocycles. The van der Waals surface area contributed by atoms with Gasteiger partial charge in [0.1, 0.15) is 0 Å². The molecule has 2 N–H and O–H groups in total. The average Bonchev–Trinajstić information content (AvgIpc) is 2.56. The lowest BCUT2D eigenvalue weighted by Gasteiger charge is -2.40. The summed E-state index contributed by atoms with van der Waals surface area (Å²) in [6.07, 6.45) is 0.161. The van der Waals surface area contributed by atoms with Crippen molar-refractivity contribution in [1.82, 2.24) is 0 Å². The van der Waals surface area contributed by atoms with Crippen LogP contribution in [0.25, 0.3) is 0 Å². The highest BCUT2D eigenvalue weighted by Gasteiger charge is 2.46. The molecule has 1 amide bonds. The summed E-state index contributed by atoms with van der Waals surface area (Å²) >= 11 is 6.02. The van der Waals surface area contributed by atoms with Gasteiger partial charge in [-0.3, -0.25) is 4.79 Å². The van der Waals surface area contributed by atoms with Crippen molar-refractivity contribution in [3.63, 3.8) is 0 Å². The Kier molecular flexibility index (Phi) is 5.00. The van der Waals surface area contributed by atoms with Crippen LogP contribution in [0.15, 0.2) is 41.3 Å². The molecular formula is C18H16ClF2NO4S. The third-order valence-corrected chi connectivity index (χ3v) is 7.05. The van der Waals surface area contributed by atoms with E-state index in [-0.39, 0.29) is 34.0 Å². The summed E-state index contributed by atoms with van der Waals surface area (Å²) in [4.78, 5) is 12.1. The molecule has 1 saturated carbocycles. The largest absolute Gasteiger partial charge is 0.390 e. The van der Waals surface area contributed by atoms with Gasteiger partial charge in [0.15, 0.2) is 21.5 Å². The van der Waals surface area contributed by atoms with Gasteiger partial charge in [-0.1, -0.05) is 11.6 Å². The smallest absolute Gasteiger partial charge is 0.255 e. The van der Waals surface area contributed by atoms with Gasteiger partial charge in [0.2, 0.25) is 0 Å². The maximum absolute atomic E-state index is 13.3. The second-order valence-electron chi connectivity index (χ2n) is 6.80. The number of anilines is 1. The topological polar surface area (TPSA) is 83.5 Å². The number of carbonyl (C=O) groups excluding carboxylic acids is 1. The molecule has 5 nitrogen and oxygen atoms in total. The van der Waals surface area contributed by atoms with Crippen LogP contribution in [0.2, 0.25) is 5.02 Å². The Morgan fingerprint density at radius 2 is 1.85 bits per heavy atom. The third-order valence-electron chi connectivity index (χ3n) is 4.45. The third kappa shape index (κ3) is 3.97. The Bertz CT molecular complexity index is 1020. The highest BCUT2D eigenvalue weighted by molar-refractivity contribution is 7.92. The van der Waals surface area contributed by atoms with E-state index in [4.69, 9.17) is 11.6 Å². The monoisotopic (exact) mass is 415 g/mol. The van der Waals surface area contributed by atoms with E-state index in [1.165, 1.54) is 18.2 Å². The number of hydrogen-bond donors (Lipinski definition) is 2. The van der Waals surface area contributed by atoms with Crippen LogP contribution in [0.4, 0.5) is 14.5 Å². The van der Waals surface area contributed by atoms with E-state index < -0.39 is 38.2 Å². The van der Waals surface area contributed by atoms with Crippen LogP contribution in [0.5, 0.6) is 0 Å². The highest BCUT2D eigenvalue weighted by Crippen LogP contribution is 2.40. The van der Waals surface area contributed by atoms with Crippen LogP contribution in [0.1, 0.15) is 30.1 Å². The van der Waals surface area contributed by atoms with Gasteiger partial charge in [0.25, 0.3) is 5.91 Å². The summed E-state index contributed by atoms with van der Waals surface area (Å²) in [5.74, 6) is -2.87. The fourth-order valence-electron chi connectivity index (χ4n) is 2.96. The first-order valence-electron chi connectivity index (χ1n) is 8.02. The van der Waals surface area contributed by atoms with E-state index in [2.05, 4.69) is 5.32 Å². The predicted octanol–water partition coefficient (Wildman–Crippen LogP) is 3.56. The maximum Gasteiger partial charge on any atom is 0.255 e. The van der Waals surface area contributed by atoms with Gasteiger partial charge in [-0.2, -0.15) is 0 Å². The Balaban J connectivity index is 1.86. The molecule has 27 heavy (non-hydrogen) atoms. The first kappa shape index (κ1) is 19.7. The van der Waals surface area contributed by atoms with E-state index in [0.717, 1.165) is 18.2 Å². The Hall–Kier alpha value is -2.03. The molecule has 0 unspecified atom stereocenters. The molecule has 1 aliphatic rings. The number of aliphatic hydroxyl groups is 1. The molecule has 0 spiro atoms. The summed E-state index contributed by atoms with van der Waals surface area (Å²) in [5, 5.41) is 11.3. The second-order valence-corrected chi connectivity index (χ2v) is 9.40. The average molecular weight is 416 g/mol. The van der Waals surface area contributed by atoms with Crippen molar-refractivity contribution in [3.8, 4) is 0 Å². The minimum atomic E-state index is -3.83. The molecule has 0 aromatic heterocycles. The van der Waals surface area contributed by atoms with Crippen molar-refractivity contribution in [2.45, 2.75) is 35.5 Å². The van der Waals surface area contributed by atoms with Crippen LogP contribution in [-0.2, 0) is 9.84 Å². The summed E-state index contributed by atoms with van der Waals surface area (Å²) in [6, 6.07) is 6.61. The number of halogens is 3. The first-order valence-corrected chi connectivity index (χ1v) is 9.94. The van der Waals surface area contributed by atoms with E-state index in [1.807, 2.05) is 0 Å². The Morgan fingerprint density at radius 1 is 1.19 bits per heavy atom. The van der Waals surface area contributed by atoms with E-state index in [1.54, 1.807) is 6.92 Å². The zero-order valence-electron chi connectivity index (χ0n) is 14.2. The molecule has 0 bridgehead atoms. The molecule has 0 radical (unpaired) electrons. The maximum atomic E-state index is 13.3. The molecule has 144 valence electrons. The van der Waals surface area contributed by atoms with Crippen LogP contribution in [-0.4, -0.2) is 30.3 Å². The second kappa shape index (κ2) is 6.85. The fourth-order valence-corrected chi connectivity index (χ4v) is 5.55. The van der Waals surface area contributed by atoms with Gasteiger partial charge in [-0.05, 0) is 50.1 Å². The van der Waals surface area contributed by atoms with E-state index in [0.29, 0.717) is 0 Å². The number of benzene rings is 2. The highest BCUT2D eigenvalue weighted by atomic mass is 35.5. The molecular weight excluding hydrogens is 400 g/mol. The Labute approximate surface area is 159 Å². The zero-order valence-corrected chi connectivity index (χ0v) is 15.7. The summed E-state index contributed by atoms with van der Waals surface area (Å²) in [5.41, 5.74) is -1.02. The lowest BCUT2D eigenvalue weighted by Crippen LogP contribution is -2.48. The van der Waals surface area contributed by atoms with E-state index in [9.17, 15) is 27.1 Å². The molecule has 3 rings (SSSR count). The fraction of sp³-hybridized carbons (Fsp3) is 0.278. The van der Waals surface area contributed by atoms with Crippen molar-refractivity contribution in [2.75, 3.05) is 5.32 Å². The van der Waals surface area contributed by atoms with Gasteiger partial charge < -0.3 is 10.4 Å². The number of nitrogens with one attached hydrogen (secondary N) is 1. The van der Waals surface area contributed by atoms with Crippen LogP contribution >= 0.6 is 11.6 Å². The molecule has 0 heterocycles. The number of sulfone groups is 1. The first-order chi connectivity index (χ1) is 12.5. The summed E-state index contributed by atoms with van der Waals surface area (Å²) in [6.45, 7) is 1.55. The quantitative estimate of drug-likeness (QED) is 0.799. The van der Waals surface area contributed by atoms with Crippen molar-refractivity contribution in [1.29, 1.82) is 0 Å². The molecule has 9 heteroatoms. The lowest BCUT2D eigenvalue weighted by atomic mass is 9.82. The minimum Gasteiger partial charge on any atom is -0.390 e. The molecule has 1 fully saturated rings. The van der Waals surface area contributed by atoms with Gasteiger partial charge >= 0.3 is 0 Å². The van der Waals surface area contributed by atoms with Gasteiger partial charge in [-0.15, -0.1) is 0 Å². The van der Waals surface area contributed by atoms with Crippen LogP contribution in [0, 0.1) is 11.6 Å². The van der Waals surface area contributed by atoms with Crippen molar-refractivity contribution < 1.29 is 27.1 Å². The predicted molar refractivity (Wildman–Crippen MR) is 96.6 cm³/mol. The summed E-state index contributed by atoms with van der Waals surface area (Å²) in [7, 11) is -3.83. The van der Waals surface area contributed by atoms with Gasteiger partial charge in [0.05, 0.1) is 20.8 Å². The summed E-state index contributed by atoms with van der Waals surface area (Å²) < 4.78 is 51.7. The van der Waals surface area contributed by atoms with Gasteiger partial charge in [-0.25, -0.2) is 17.2 Å². The number of hydrogen-bond acceptors (Lipinski definition) is 4. The lowest BCUT2D eigenvalue weighted by molar-refractivity contribution is -0.0116. The molecule has 0 aliphatic heterocycles.